The molecule has 0 radical (unpaired) electrons. The molecule has 2 rings (SSSR count). The molecule has 0 spiro atoms. The van der Waals surface area contributed by atoms with Crippen molar-refractivity contribution in [3.05, 3.63) is 17.6 Å². The van der Waals surface area contributed by atoms with Gasteiger partial charge in [-0.2, -0.15) is 0 Å². The molecule has 1 fully saturated rings. The van der Waals surface area contributed by atoms with Crippen molar-refractivity contribution in [2.75, 3.05) is 12.8 Å². The molecule has 1 aromatic rings. The lowest BCUT2D eigenvalue weighted by atomic mass is 10.00. The summed E-state index contributed by atoms with van der Waals surface area (Å²) in [6, 6.07) is 1.88. The van der Waals surface area contributed by atoms with E-state index in [2.05, 4.69) is 23.8 Å². The molecule has 0 unspecified atom stereocenters. The highest BCUT2D eigenvalue weighted by atomic mass is 16.5. The Morgan fingerprint density at radius 3 is 2.56 bits per heavy atom. The van der Waals surface area contributed by atoms with Crippen molar-refractivity contribution in [2.45, 2.75) is 51.6 Å². The number of anilines is 1. The molecular formula is C14H23N3O. The summed E-state index contributed by atoms with van der Waals surface area (Å²) >= 11 is 0. The summed E-state index contributed by atoms with van der Waals surface area (Å²) in [5, 5.41) is 0. The Kier molecular flexibility index (Phi) is 3.85. The maximum Gasteiger partial charge on any atom is 0.162 e. The first kappa shape index (κ1) is 13.3. The number of methoxy groups -OCH3 is 1. The molecule has 0 aliphatic heterocycles. The number of nitrogens with zero attached hydrogens (tertiary/aromatic N) is 2. The molecule has 1 heterocycles. The van der Waals surface area contributed by atoms with E-state index in [9.17, 15) is 0 Å². The van der Waals surface area contributed by atoms with Crippen LogP contribution in [0.2, 0.25) is 0 Å². The van der Waals surface area contributed by atoms with Crippen LogP contribution in [0.5, 0.6) is 0 Å². The van der Waals surface area contributed by atoms with E-state index >= 15 is 0 Å². The van der Waals surface area contributed by atoms with Gasteiger partial charge in [-0.3, -0.25) is 0 Å². The second-order valence-electron chi connectivity index (χ2n) is 5.61. The highest BCUT2D eigenvalue weighted by Gasteiger charge is 2.38. The second kappa shape index (κ2) is 5.22. The van der Waals surface area contributed by atoms with Crippen LogP contribution in [0.15, 0.2) is 6.07 Å². The number of hydrogen-bond acceptors (Lipinski definition) is 4. The van der Waals surface area contributed by atoms with Crippen LogP contribution < -0.4 is 5.73 Å². The zero-order valence-electron chi connectivity index (χ0n) is 11.6. The zero-order chi connectivity index (χ0) is 13.2. The highest BCUT2D eigenvalue weighted by molar-refractivity contribution is 5.31. The van der Waals surface area contributed by atoms with E-state index in [-0.39, 0.29) is 5.60 Å². The Bertz CT molecular complexity index is 412. The first-order valence-corrected chi connectivity index (χ1v) is 6.75. The number of hydrogen-bond donors (Lipinski definition) is 1. The van der Waals surface area contributed by atoms with Crippen molar-refractivity contribution < 1.29 is 4.74 Å². The molecule has 0 atom stereocenters. The minimum absolute atomic E-state index is 0.304. The SMILES string of the molecule is COC1(c2nc(N)cc(CC(C)C)n2)CCCC1. The van der Waals surface area contributed by atoms with Gasteiger partial charge in [-0.05, 0) is 38.0 Å². The second-order valence-corrected chi connectivity index (χ2v) is 5.61. The summed E-state index contributed by atoms with van der Waals surface area (Å²) in [4.78, 5) is 9.09. The lowest BCUT2D eigenvalue weighted by molar-refractivity contribution is -0.0163. The Morgan fingerprint density at radius 2 is 2.00 bits per heavy atom. The maximum atomic E-state index is 5.91. The first-order chi connectivity index (χ1) is 8.55. The van der Waals surface area contributed by atoms with E-state index in [1.54, 1.807) is 7.11 Å². The van der Waals surface area contributed by atoms with Gasteiger partial charge in [0.1, 0.15) is 11.4 Å². The summed E-state index contributed by atoms with van der Waals surface area (Å²) in [5.41, 5.74) is 6.63. The number of ether oxygens (including phenoxy) is 1. The monoisotopic (exact) mass is 249 g/mol. The number of rotatable bonds is 4. The predicted molar refractivity (Wildman–Crippen MR) is 72.1 cm³/mol. The zero-order valence-corrected chi connectivity index (χ0v) is 11.6. The lowest BCUT2D eigenvalue weighted by Gasteiger charge is -2.26. The van der Waals surface area contributed by atoms with Crippen molar-refractivity contribution >= 4 is 5.82 Å². The third-order valence-electron chi connectivity index (χ3n) is 3.63. The molecule has 4 heteroatoms. The minimum Gasteiger partial charge on any atom is -0.384 e. The number of nitrogen functional groups attached to an aromatic ring is 1. The van der Waals surface area contributed by atoms with E-state index in [0.717, 1.165) is 30.8 Å². The summed E-state index contributed by atoms with van der Waals surface area (Å²) < 4.78 is 5.72. The van der Waals surface area contributed by atoms with Crippen LogP contribution in [0.4, 0.5) is 5.82 Å². The van der Waals surface area contributed by atoms with Crippen LogP contribution >= 0.6 is 0 Å². The van der Waals surface area contributed by atoms with Gasteiger partial charge < -0.3 is 10.5 Å². The van der Waals surface area contributed by atoms with E-state index in [1.807, 2.05) is 6.07 Å². The number of nitrogens with two attached hydrogens (primary N) is 1. The molecule has 18 heavy (non-hydrogen) atoms. The summed E-state index contributed by atoms with van der Waals surface area (Å²) in [6.45, 7) is 4.36. The van der Waals surface area contributed by atoms with E-state index in [1.165, 1.54) is 12.8 Å². The minimum atomic E-state index is -0.304. The fraction of sp³-hybridized carbons (Fsp3) is 0.714. The largest absolute Gasteiger partial charge is 0.384 e. The molecule has 1 aromatic heterocycles. The van der Waals surface area contributed by atoms with Gasteiger partial charge in [-0.1, -0.05) is 13.8 Å². The van der Waals surface area contributed by atoms with Gasteiger partial charge >= 0.3 is 0 Å². The third-order valence-corrected chi connectivity index (χ3v) is 3.63. The summed E-state index contributed by atoms with van der Waals surface area (Å²) in [5.74, 6) is 1.89. The van der Waals surface area contributed by atoms with Gasteiger partial charge in [0, 0.05) is 18.9 Å². The molecule has 0 bridgehead atoms. The Morgan fingerprint density at radius 1 is 1.33 bits per heavy atom. The molecule has 0 aromatic carbocycles. The maximum absolute atomic E-state index is 5.91. The van der Waals surface area contributed by atoms with Gasteiger partial charge in [0.15, 0.2) is 5.82 Å². The van der Waals surface area contributed by atoms with Gasteiger partial charge in [0.25, 0.3) is 0 Å². The topological polar surface area (TPSA) is 61.0 Å². The highest BCUT2D eigenvalue weighted by Crippen LogP contribution is 2.40. The fourth-order valence-corrected chi connectivity index (χ4v) is 2.71. The number of aromatic nitrogens is 2. The predicted octanol–water partition coefficient (Wildman–Crippen LogP) is 2.67. The smallest absolute Gasteiger partial charge is 0.162 e. The first-order valence-electron chi connectivity index (χ1n) is 6.75. The normalized spacial score (nSPS) is 18.4. The molecule has 2 N–H and O–H groups in total. The third kappa shape index (κ3) is 2.64. The van der Waals surface area contributed by atoms with E-state index in [0.29, 0.717) is 11.7 Å². The fourth-order valence-electron chi connectivity index (χ4n) is 2.71. The van der Waals surface area contributed by atoms with Gasteiger partial charge in [-0.15, -0.1) is 0 Å². The van der Waals surface area contributed by atoms with Crippen molar-refractivity contribution in [2.24, 2.45) is 5.92 Å². The van der Waals surface area contributed by atoms with Gasteiger partial charge in [-0.25, -0.2) is 9.97 Å². The molecular weight excluding hydrogens is 226 g/mol. The molecule has 0 saturated heterocycles. The average Bonchev–Trinajstić information content (AvgIpc) is 2.76. The van der Waals surface area contributed by atoms with Crippen molar-refractivity contribution in [1.29, 1.82) is 0 Å². The molecule has 1 aliphatic rings. The molecule has 0 amide bonds. The van der Waals surface area contributed by atoms with Crippen LogP contribution in [0.1, 0.15) is 51.0 Å². The van der Waals surface area contributed by atoms with E-state index < -0.39 is 0 Å². The quantitative estimate of drug-likeness (QED) is 0.891. The van der Waals surface area contributed by atoms with Crippen LogP contribution in [-0.4, -0.2) is 17.1 Å². The van der Waals surface area contributed by atoms with Gasteiger partial charge in [0.2, 0.25) is 0 Å². The van der Waals surface area contributed by atoms with Crippen LogP contribution in [-0.2, 0) is 16.8 Å². The summed E-state index contributed by atoms with van der Waals surface area (Å²) in [7, 11) is 1.75. The molecule has 100 valence electrons. The van der Waals surface area contributed by atoms with Crippen LogP contribution in [0.3, 0.4) is 0 Å². The molecule has 1 aliphatic carbocycles. The van der Waals surface area contributed by atoms with Crippen LogP contribution in [0, 0.1) is 5.92 Å². The average molecular weight is 249 g/mol. The van der Waals surface area contributed by atoms with E-state index in [4.69, 9.17) is 10.5 Å². The Labute approximate surface area is 109 Å². The summed E-state index contributed by atoms with van der Waals surface area (Å²) in [6.07, 6.45) is 5.26. The lowest BCUT2D eigenvalue weighted by Crippen LogP contribution is -2.28. The molecule has 4 nitrogen and oxygen atoms in total. The Hall–Kier alpha value is -1.16. The van der Waals surface area contributed by atoms with Crippen molar-refractivity contribution in [3.63, 3.8) is 0 Å². The standard InChI is InChI=1S/C14H23N3O/c1-10(2)8-11-9-12(15)17-13(16-11)14(18-3)6-4-5-7-14/h9-10H,4-8H2,1-3H3,(H2,15,16,17). The van der Waals surface area contributed by atoms with Crippen LogP contribution in [0.25, 0.3) is 0 Å². The Balaban J connectivity index is 2.34. The molecule has 1 saturated carbocycles. The van der Waals surface area contributed by atoms with Gasteiger partial charge in [0.05, 0.1) is 0 Å². The van der Waals surface area contributed by atoms with Crippen molar-refractivity contribution in [1.82, 2.24) is 9.97 Å². The van der Waals surface area contributed by atoms with Crippen molar-refractivity contribution in [3.8, 4) is 0 Å².